The van der Waals surface area contributed by atoms with Crippen LogP contribution < -0.4 is 0 Å². The largest absolute Gasteiger partial charge is 0.451 e. The van der Waals surface area contributed by atoms with Crippen LogP contribution in [0.4, 0.5) is 0 Å². The number of halogens is 1. The van der Waals surface area contributed by atoms with Crippen LogP contribution in [-0.4, -0.2) is 22.8 Å². The lowest BCUT2D eigenvalue weighted by Gasteiger charge is -2.15. The van der Waals surface area contributed by atoms with Gasteiger partial charge in [-0.05, 0) is 69.2 Å². The van der Waals surface area contributed by atoms with Crippen LogP contribution in [0.2, 0.25) is 0 Å². The van der Waals surface area contributed by atoms with E-state index in [-0.39, 0.29) is 5.78 Å². The number of pyridine rings is 1. The van der Waals surface area contributed by atoms with Gasteiger partial charge in [0.05, 0.1) is 16.8 Å². The van der Waals surface area contributed by atoms with Crippen molar-refractivity contribution in [2.75, 3.05) is 0 Å². The van der Waals surface area contributed by atoms with Gasteiger partial charge in [0.1, 0.15) is 0 Å². The lowest BCUT2D eigenvalue weighted by atomic mass is 10.0. The van der Waals surface area contributed by atoms with Gasteiger partial charge >= 0.3 is 5.97 Å². The van der Waals surface area contributed by atoms with E-state index in [0.717, 1.165) is 21.2 Å². The molecule has 0 saturated heterocycles. The van der Waals surface area contributed by atoms with Crippen molar-refractivity contribution in [1.82, 2.24) is 4.98 Å². The van der Waals surface area contributed by atoms with Crippen molar-refractivity contribution in [1.29, 1.82) is 0 Å². The third-order valence-corrected chi connectivity index (χ3v) is 6.28. The lowest BCUT2D eigenvalue weighted by molar-refractivity contribution is 0.0320. The molecule has 0 amide bonds. The molecule has 3 aromatic carbocycles. The molecule has 0 N–H and O–H groups in total. The average Bonchev–Trinajstić information content (AvgIpc) is 2.80. The highest BCUT2D eigenvalue weighted by molar-refractivity contribution is 9.10. The number of Topliss-reactive ketones (excluding diaryl/α,β-unsaturated/α-hetero) is 1. The number of aromatic nitrogens is 1. The molecule has 33 heavy (non-hydrogen) atoms. The fourth-order valence-electron chi connectivity index (χ4n) is 3.65. The van der Waals surface area contributed by atoms with Crippen LogP contribution in [0, 0.1) is 20.8 Å². The number of esters is 1. The van der Waals surface area contributed by atoms with Gasteiger partial charge in [-0.25, -0.2) is 9.78 Å². The number of nitrogens with zero attached hydrogens (tertiary/aromatic N) is 1. The highest BCUT2D eigenvalue weighted by atomic mass is 79.9. The van der Waals surface area contributed by atoms with Crippen LogP contribution in [0.15, 0.2) is 71.2 Å². The molecule has 0 bridgehead atoms. The zero-order chi connectivity index (χ0) is 23.7. The van der Waals surface area contributed by atoms with Crippen LogP contribution in [0.1, 0.15) is 44.3 Å². The zero-order valence-electron chi connectivity index (χ0n) is 19.0. The van der Waals surface area contributed by atoms with E-state index in [1.54, 1.807) is 25.1 Å². The summed E-state index contributed by atoms with van der Waals surface area (Å²) in [5.74, 6) is -0.796. The predicted octanol–water partition coefficient (Wildman–Crippen LogP) is 7.02. The van der Waals surface area contributed by atoms with Gasteiger partial charge in [0.2, 0.25) is 5.78 Å². The Balaban J connectivity index is 1.72. The van der Waals surface area contributed by atoms with E-state index in [0.29, 0.717) is 27.7 Å². The molecule has 4 nitrogen and oxygen atoms in total. The molecule has 0 spiro atoms. The van der Waals surface area contributed by atoms with E-state index in [2.05, 4.69) is 28.9 Å². The fraction of sp³-hybridized carbons (Fsp3) is 0.179. The number of aryl methyl sites for hydroxylation is 3. The number of hydrogen-bond acceptors (Lipinski definition) is 4. The van der Waals surface area contributed by atoms with Gasteiger partial charge in [0.15, 0.2) is 6.10 Å². The van der Waals surface area contributed by atoms with Crippen LogP contribution in [-0.2, 0) is 4.74 Å². The molecular formula is C28H24BrNO3. The van der Waals surface area contributed by atoms with Crippen LogP contribution in [0.25, 0.3) is 22.2 Å². The summed E-state index contributed by atoms with van der Waals surface area (Å²) < 4.78 is 6.46. The first-order valence-electron chi connectivity index (χ1n) is 10.7. The van der Waals surface area contributed by atoms with Gasteiger partial charge in [-0.15, -0.1) is 0 Å². The Bertz CT molecular complexity index is 1380. The molecular weight excluding hydrogens is 478 g/mol. The second-order valence-corrected chi connectivity index (χ2v) is 9.21. The monoisotopic (exact) mass is 501 g/mol. The summed E-state index contributed by atoms with van der Waals surface area (Å²) >= 11 is 3.47. The predicted molar refractivity (Wildman–Crippen MR) is 135 cm³/mol. The molecule has 4 aromatic rings. The van der Waals surface area contributed by atoms with Gasteiger partial charge in [0.25, 0.3) is 0 Å². The maximum atomic E-state index is 13.3. The molecule has 166 valence electrons. The molecule has 0 aliphatic carbocycles. The molecule has 0 saturated carbocycles. The van der Waals surface area contributed by atoms with Gasteiger partial charge in [-0.1, -0.05) is 57.9 Å². The number of ketones is 1. The van der Waals surface area contributed by atoms with Gasteiger partial charge in [-0.3, -0.25) is 4.79 Å². The molecule has 1 heterocycles. The highest BCUT2D eigenvalue weighted by Gasteiger charge is 2.23. The third kappa shape index (κ3) is 4.88. The topological polar surface area (TPSA) is 56.3 Å². The molecule has 0 fully saturated rings. The molecule has 0 aliphatic rings. The standard InChI is InChI=1S/C28H24BrNO3/c1-16-5-8-20(9-6-16)27(31)19(4)33-28(32)24-15-26(21-10-7-17(2)18(3)13-21)30-25-12-11-22(29)14-23(24)25/h5-15,19H,1-4H3/t19-/m0/s1. The minimum Gasteiger partial charge on any atom is -0.451 e. The molecule has 4 rings (SSSR count). The van der Waals surface area contributed by atoms with Crippen molar-refractivity contribution in [3.05, 3.63) is 99.0 Å². The molecule has 5 heteroatoms. The minimum atomic E-state index is -0.916. The number of fused-ring (bicyclic) bond motifs is 1. The molecule has 0 aliphatic heterocycles. The number of hydrogen-bond donors (Lipinski definition) is 0. The van der Waals surface area contributed by atoms with Crippen LogP contribution in [0.3, 0.4) is 0 Å². The van der Waals surface area contributed by atoms with E-state index < -0.39 is 12.1 Å². The SMILES string of the molecule is Cc1ccc(C(=O)[C@H](C)OC(=O)c2cc(-c3ccc(C)c(C)c3)nc3ccc(Br)cc23)cc1. The Morgan fingerprint density at radius 3 is 2.30 bits per heavy atom. The summed E-state index contributed by atoms with van der Waals surface area (Å²) in [7, 11) is 0. The van der Waals surface area contributed by atoms with Crippen LogP contribution in [0.5, 0.6) is 0 Å². The number of rotatable bonds is 5. The first-order valence-corrected chi connectivity index (χ1v) is 11.5. The number of benzene rings is 3. The summed E-state index contributed by atoms with van der Waals surface area (Å²) in [6, 6.07) is 20.7. The van der Waals surface area contributed by atoms with Gasteiger partial charge in [-0.2, -0.15) is 0 Å². The third-order valence-electron chi connectivity index (χ3n) is 5.78. The second kappa shape index (κ2) is 9.28. The Morgan fingerprint density at radius 1 is 0.879 bits per heavy atom. The summed E-state index contributed by atoms with van der Waals surface area (Å²) in [6.45, 7) is 7.66. The summed E-state index contributed by atoms with van der Waals surface area (Å²) in [4.78, 5) is 30.8. The Hall–Kier alpha value is -3.31. The smallest absolute Gasteiger partial charge is 0.339 e. The maximum Gasteiger partial charge on any atom is 0.339 e. The van der Waals surface area contributed by atoms with E-state index in [1.165, 1.54) is 5.56 Å². The second-order valence-electron chi connectivity index (χ2n) is 8.29. The van der Waals surface area contributed by atoms with Crippen molar-refractivity contribution in [3.63, 3.8) is 0 Å². The first-order chi connectivity index (χ1) is 15.7. The van der Waals surface area contributed by atoms with Crippen molar-refractivity contribution in [2.45, 2.75) is 33.8 Å². The van der Waals surface area contributed by atoms with Crippen molar-refractivity contribution in [3.8, 4) is 11.3 Å². The number of ether oxygens (including phenoxy) is 1. The average molecular weight is 502 g/mol. The quantitative estimate of drug-likeness (QED) is 0.218. The van der Waals surface area contributed by atoms with Gasteiger partial charge < -0.3 is 4.74 Å². The summed E-state index contributed by atoms with van der Waals surface area (Å²) in [5.41, 5.74) is 6.55. The Kier molecular flexibility index (Phi) is 6.43. The number of carbonyl (C=O) groups is 2. The van der Waals surface area contributed by atoms with E-state index in [4.69, 9.17) is 9.72 Å². The maximum absolute atomic E-state index is 13.3. The minimum absolute atomic E-state index is 0.239. The molecule has 1 atom stereocenters. The molecule has 0 unspecified atom stereocenters. The molecule has 1 aromatic heterocycles. The van der Waals surface area contributed by atoms with E-state index >= 15 is 0 Å². The normalized spacial score (nSPS) is 11.9. The van der Waals surface area contributed by atoms with Crippen molar-refractivity contribution < 1.29 is 14.3 Å². The summed E-state index contributed by atoms with van der Waals surface area (Å²) in [5, 5.41) is 0.664. The summed E-state index contributed by atoms with van der Waals surface area (Å²) in [6.07, 6.45) is -0.916. The fourth-order valence-corrected chi connectivity index (χ4v) is 4.01. The lowest BCUT2D eigenvalue weighted by Crippen LogP contribution is -2.24. The first kappa shape index (κ1) is 22.9. The van der Waals surface area contributed by atoms with Crippen molar-refractivity contribution in [2.24, 2.45) is 0 Å². The Morgan fingerprint density at radius 2 is 1.61 bits per heavy atom. The van der Waals surface area contributed by atoms with Crippen LogP contribution >= 0.6 is 15.9 Å². The highest BCUT2D eigenvalue weighted by Crippen LogP contribution is 2.29. The van der Waals surface area contributed by atoms with E-state index in [9.17, 15) is 9.59 Å². The Labute approximate surface area is 201 Å². The zero-order valence-corrected chi connectivity index (χ0v) is 20.6. The van der Waals surface area contributed by atoms with Gasteiger partial charge in [0, 0.05) is 21.0 Å². The van der Waals surface area contributed by atoms with Crippen molar-refractivity contribution >= 4 is 38.6 Å². The molecule has 0 radical (unpaired) electrons. The van der Waals surface area contributed by atoms with E-state index in [1.807, 2.05) is 56.3 Å². The number of carbonyl (C=O) groups excluding carboxylic acids is 2.